The normalized spacial score (nSPS) is 22.3. The van der Waals surface area contributed by atoms with E-state index in [1.54, 1.807) is 36.9 Å². The van der Waals surface area contributed by atoms with Crippen molar-refractivity contribution in [3.05, 3.63) is 77.8 Å². The van der Waals surface area contributed by atoms with Crippen LogP contribution in [0.15, 0.2) is 55.1 Å². The number of alkyl halides is 2. The molecule has 0 unspecified atom stereocenters. The number of likely N-dealkylation sites (tertiary alicyclic amines) is 1. The van der Waals surface area contributed by atoms with Crippen molar-refractivity contribution < 1.29 is 35.2 Å². The van der Waals surface area contributed by atoms with Crippen molar-refractivity contribution in [2.75, 3.05) is 19.6 Å². The van der Waals surface area contributed by atoms with E-state index in [0.717, 1.165) is 49.4 Å². The van der Waals surface area contributed by atoms with Gasteiger partial charge in [0.05, 0.1) is 0 Å². The van der Waals surface area contributed by atoms with Crippen molar-refractivity contribution in [1.82, 2.24) is 24.8 Å². The van der Waals surface area contributed by atoms with Gasteiger partial charge in [0.25, 0.3) is 0 Å². The van der Waals surface area contributed by atoms with E-state index in [1.807, 2.05) is 28.5 Å². The molecule has 0 aliphatic carbocycles. The van der Waals surface area contributed by atoms with Crippen molar-refractivity contribution in [1.29, 1.82) is 0 Å². The second-order valence-electron chi connectivity index (χ2n) is 11.9. The number of piperidine rings is 1. The first-order chi connectivity index (χ1) is 20.3. The summed E-state index contributed by atoms with van der Waals surface area (Å²) in [5, 5.41) is 4.26. The summed E-state index contributed by atoms with van der Waals surface area (Å²) in [5.74, 6) is 0.0641. The van der Waals surface area contributed by atoms with Crippen LogP contribution < -0.4 is 26.5 Å². The zero-order valence-corrected chi connectivity index (χ0v) is 26.1. The van der Waals surface area contributed by atoms with E-state index in [4.69, 9.17) is 0 Å². The van der Waals surface area contributed by atoms with Gasteiger partial charge in [0.1, 0.15) is 5.82 Å². The minimum atomic E-state index is -0.330. The molecule has 4 aromatic rings. The van der Waals surface area contributed by atoms with Gasteiger partial charge in [-0.15, -0.1) is 0 Å². The second kappa shape index (κ2) is 10.8. The van der Waals surface area contributed by atoms with E-state index >= 15 is 0 Å². The van der Waals surface area contributed by atoms with Gasteiger partial charge < -0.3 is 0 Å². The summed E-state index contributed by atoms with van der Waals surface area (Å²) in [6.07, 6.45) is 8.38. The molecule has 9 heteroatoms. The van der Waals surface area contributed by atoms with Gasteiger partial charge in [0.2, 0.25) is 0 Å². The molecule has 218 valence electrons. The van der Waals surface area contributed by atoms with Crippen molar-refractivity contribution in [3.63, 3.8) is 0 Å². The van der Waals surface area contributed by atoms with Crippen molar-refractivity contribution in [2.24, 2.45) is 5.92 Å². The van der Waals surface area contributed by atoms with E-state index < -0.39 is 0 Å². The third-order valence-electron chi connectivity index (χ3n) is 9.10. The van der Waals surface area contributed by atoms with Crippen LogP contribution >= 0.6 is 0 Å². The van der Waals surface area contributed by atoms with Gasteiger partial charge in [-0.1, -0.05) is 13.8 Å². The fourth-order valence-electron chi connectivity index (χ4n) is 6.86. The van der Waals surface area contributed by atoms with Gasteiger partial charge in [0.15, 0.2) is 0 Å². The molecule has 3 saturated heterocycles. The first-order valence-electron chi connectivity index (χ1n) is 14.7. The average molecular weight is 679 g/mol. The van der Waals surface area contributed by atoms with E-state index in [-0.39, 0.29) is 56.6 Å². The molecular weight excluding hydrogens is 644 g/mol. The number of benzene rings is 1. The minimum Gasteiger partial charge on any atom is -0.264 e. The third-order valence-corrected chi connectivity index (χ3v) is 12.8. The molecule has 3 aliphatic heterocycles. The average Bonchev–Trinajstić information content (AvgIpc) is 3.56. The van der Waals surface area contributed by atoms with Crippen LogP contribution in [-0.2, 0) is 4.79 Å². The number of carbonyl (C=O) groups is 2. The second-order valence-corrected chi connectivity index (χ2v) is 15.7. The maximum atomic E-state index is 14.8. The number of rotatable bonds is 6. The van der Waals surface area contributed by atoms with Crippen molar-refractivity contribution in [2.45, 2.75) is 53.4 Å². The number of fused-ring (bicyclic) bond motifs is 2. The first kappa shape index (κ1) is 27.6. The summed E-state index contributed by atoms with van der Waals surface area (Å²) in [7, 11) is 0. The summed E-state index contributed by atoms with van der Waals surface area (Å²) in [6, 6.07) is 8.69. The number of hydrogen-bond donors (Lipinski definition) is 1. The van der Waals surface area contributed by atoms with Gasteiger partial charge in [-0.25, -0.2) is 4.39 Å². The zero-order valence-electron chi connectivity index (χ0n) is 24.0. The molecule has 1 amide bonds. The summed E-state index contributed by atoms with van der Waals surface area (Å²) in [6.45, 7) is 8.42. The number of amides is 1. The Morgan fingerprint density at radius 2 is 1.81 bits per heavy atom. The molecule has 0 saturated carbocycles. The quantitative estimate of drug-likeness (QED) is 0.192. The molecule has 3 fully saturated rings. The van der Waals surface area contributed by atoms with E-state index in [0.29, 0.717) is 35.4 Å². The van der Waals surface area contributed by atoms with Crippen LogP contribution in [0.2, 0.25) is 0 Å². The van der Waals surface area contributed by atoms with Gasteiger partial charge in [-0.05, 0) is 35.7 Å². The Morgan fingerprint density at radius 3 is 2.52 bits per heavy atom. The Bertz CT molecular complexity index is 1710. The van der Waals surface area contributed by atoms with Gasteiger partial charge >= 0.3 is 163 Å². The molecule has 42 heavy (non-hydrogen) atoms. The summed E-state index contributed by atoms with van der Waals surface area (Å²) >= 11 is 0.192. The molecule has 0 spiro atoms. The number of carbonyl (C=O) groups excluding carboxylic acids is 2. The standard InChI is InChI=1S/C33H34FIN5O2/c1-18(2)22-6-10-36-15-25(22)24-14-21(34)4-5-27(24)40-19(3)29(23-7-11-37-17-28(23)40)32(41)20-8-12-39(13-9-20)33(42)31-30-26(35-30)16-38-31/h4-7,10-11,14-15,17-18,20,26,30-31,38H,8-9,12-13,16H2,1-3H3/q-1/t26-,30-,31-/m0/s1. The van der Waals surface area contributed by atoms with Crippen LogP contribution in [0.4, 0.5) is 4.39 Å². The van der Waals surface area contributed by atoms with Crippen LogP contribution in [0, 0.1) is 18.7 Å². The molecule has 0 bridgehead atoms. The van der Waals surface area contributed by atoms with Crippen LogP contribution in [-0.4, -0.2) is 64.7 Å². The number of nitrogens with one attached hydrogen (secondary N) is 1. The fourth-order valence-corrected chi connectivity index (χ4v) is 9.84. The number of hydrogen-bond acceptors (Lipinski definition) is 5. The molecule has 1 N–H and O–H groups in total. The molecule has 7 nitrogen and oxygen atoms in total. The Hall–Kier alpha value is -3.18. The Morgan fingerprint density at radius 1 is 1.05 bits per heavy atom. The Kier molecular flexibility index (Phi) is 7.12. The molecule has 3 aliphatic rings. The Balaban J connectivity index is 1.24. The van der Waals surface area contributed by atoms with Gasteiger partial charge in [-0.2, -0.15) is 0 Å². The van der Waals surface area contributed by atoms with Gasteiger partial charge in [0, 0.05) is 23.5 Å². The molecule has 0 radical (unpaired) electrons. The SMILES string of the molecule is Cc1c(C(=O)C2CCN(C(=O)[C@H]3NC[C@@H]4[I-][C@@H]43)CC2)c2ccncc2n1-c1ccc(F)cc1-c1cnccc1C(C)C. The molecule has 7 rings (SSSR count). The molecular formula is C33H34FIN5O2-. The van der Waals surface area contributed by atoms with E-state index in [9.17, 15) is 14.0 Å². The van der Waals surface area contributed by atoms with Crippen molar-refractivity contribution in [3.8, 4) is 16.8 Å². The number of nitrogens with zero attached hydrogens (tertiary/aromatic N) is 4. The summed E-state index contributed by atoms with van der Waals surface area (Å²) in [5.41, 5.74) is 5.76. The molecule has 1 aromatic carbocycles. The maximum absolute atomic E-state index is 14.8. The van der Waals surface area contributed by atoms with Crippen LogP contribution in [0.5, 0.6) is 0 Å². The number of Topliss-reactive ketones (excluding diaryl/α,β-unsaturated/α-hetero) is 1. The predicted octanol–water partition coefficient (Wildman–Crippen LogP) is 1.89. The van der Waals surface area contributed by atoms with Crippen LogP contribution in [0.25, 0.3) is 27.7 Å². The monoisotopic (exact) mass is 678 g/mol. The summed E-state index contributed by atoms with van der Waals surface area (Å²) < 4.78 is 18.2. The van der Waals surface area contributed by atoms with E-state index in [1.165, 1.54) is 6.07 Å². The smallest absolute Gasteiger partial charge is 0.264 e. The summed E-state index contributed by atoms with van der Waals surface area (Å²) in [4.78, 5) is 38.1. The predicted molar refractivity (Wildman–Crippen MR) is 156 cm³/mol. The third kappa shape index (κ3) is 4.65. The fraction of sp³-hybridized carbons (Fsp3) is 0.394. The van der Waals surface area contributed by atoms with Crippen molar-refractivity contribution >= 4 is 22.6 Å². The molecule has 3 aromatic heterocycles. The molecule has 6 heterocycles. The number of pyridine rings is 2. The van der Waals surface area contributed by atoms with Gasteiger partial charge in [-0.3, -0.25) is 9.97 Å². The Labute approximate surface area is 255 Å². The number of aromatic nitrogens is 3. The minimum absolute atomic E-state index is 0.00343. The topological polar surface area (TPSA) is 80.1 Å². The number of ketones is 1. The van der Waals surface area contributed by atoms with Crippen LogP contribution in [0.1, 0.15) is 54.2 Å². The zero-order chi connectivity index (χ0) is 29.1. The van der Waals surface area contributed by atoms with Crippen LogP contribution in [0.3, 0.4) is 0 Å². The first-order valence-corrected chi connectivity index (χ1v) is 17.2. The molecule has 3 atom stereocenters. The number of halogens is 2. The van der Waals surface area contributed by atoms with E-state index in [2.05, 4.69) is 29.1 Å².